The van der Waals surface area contributed by atoms with Crippen molar-refractivity contribution in [2.75, 3.05) is 71.2 Å². The number of ether oxygens (including phenoxy) is 1. The minimum atomic E-state index is -3.83. The summed E-state index contributed by atoms with van der Waals surface area (Å²) >= 11 is 0. The third kappa shape index (κ3) is 34.7. The van der Waals surface area contributed by atoms with Crippen molar-refractivity contribution in [3.63, 3.8) is 0 Å². The summed E-state index contributed by atoms with van der Waals surface area (Å²) in [5.74, 6) is -9.03. The molecule has 4 aromatic rings. The van der Waals surface area contributed by atoms with Crippen LogP contribution in [0.1, 0.15) is 135 Å². The number of hydrogen-bond donors (Lipinski definition) is 25. The Kier molecular flexibility index (Phi) is 41.6. The zero-order valence-electron chi connectivity index (χ0n) is 65.7. The Morgan fingerprint density at radius 1 is 0.475 bits per heavy atom. The van der Waals surface area contributed by atoms with E-state index in [9.17, 15) is 61.8 Å². The fraction of sp³-hybridized carbons (Fsp3) is 0.580. The molecule has 0 unspecified atom stereocenters. The minimum Gasteiger partial charge on any atom is -0.387 e. The van der Waals surface area contributed by atoms with E-state index in [2.05, 4.69) is 102 Å². The highest BCUT2D eigenvalue weighted by Crippen LogP contribution is 2.32. The van der Waals surface area contributed by atoms with Crippen LogP contribution in [0.15, 0.2) is 84.2 Å². The number of imidazole rings is 1. The first-order valence-electron chi connectivity index (χ1n) is 38.5. The molecule has 652 valence electrons. The SMILES string of the molecule is NC(N)=NCCC[C@@H](NC(=O)CCCCCNC(=O)[C@H]1O[C@@H](n2cnc3c(N)ncnc32)[C@H](O)[C@@H]1O)C(=O)N[C@H](CCCN=C(N)N)C(=O)N[C@H](CCCN=C(N)N)C(=O)N[C@H](CCCN=C(N)N)C(=O)N[C@H](CCCN=C(N)N)C(=O)N[C@H](CCCN=C(N)N)C(=O)NC(=O)CCCCCNCCNS(=O)(=O)c1cccc2cnccc12. The second kappa shape index (κ2) is 51.0. The van der Waals surface area contributed by atoms with Gasteiger partial charge in [0.25, 0.3) is 5.91 Å². The number of sulfonamides is 1. The molecule has 1 fully saturated rings. The zero-order valence-corrected chi connectivity index (χ0v) is 66.5. The number of anilines is 1. The van der Waals surface area contributed by atoms with Crippen LogP contribution in [-0.4, -0.2) is 252 Å². The van der Waals surface area contributed by atoms with Gasteiger partial charge in [0.2, 0.25) is 57.3 Å². The molecule has 5 rings (SSSR count). The highest BCUT2D eigenvalue weighted by atomic mass is 32.2. The maximum atomic E-state index is 14.9. The molecule has 1 aliphatic heterocycles. The number of pyridine rings is 1. The van der Waals surface area contributed by atoms with Gasteiger partial charge in [-0.2, -0.15) is 0 Å². The molecule has 1 aliphatic rings. The number of carbonyl (C=O) groups is 9. The molecule has 0 saturated carbocycles. The molecule has 49 heteroatoms. The molecule has 1 aromatic carbocycles. The number of nitrogens with zero attached hydrogens (tertiary/aromatic N) is 11. The molecule has 38 N–H and O–H groups in total. The molecule has 0 radical (unpaired) electrons. The molecule has 118 heavy (non-hydrogen) atoms. The number of unbranched alkanes of at least 4 members (excludes halogenated alkanes) is 4. The Morgan fingerprint density at radius 3 is 1.35 bits per heavy atom. The number of aromatic nitrogens is 5. The number of carbonyl (C=O) groups excluding carboxylic acids is 9. The number of hydrogen-bond acceptors (Lipinski definition) is 26. The summed E-state index contributed by atoms with van der Waals surface area (Å²) in [5, 5.41) is 47.1. The van der Waals surface area contributed by atoms with Gasteiger partial charge in [-0.1, -0.05) is 25.0 Å². The molecular formula is C69H116N34O14S. The Hall–Kier alpha value is -12.2. The van der Waals surface area contributed by atoms with E-state index in [4.69, 9.17) is 79.3 Å². The van der Waals surface area contributed by atoms with Gasteiger partial charge in [-0.05, 0) is 121 Å². The number of nitrogens with two attached hydrogens (primary N) is 13. The van der Waals surface area contributed by atoms with Crippen molar-refractivity contribution in [1.82, 2.24) is 77.1 Å². The third-order valence-electron chi connectivity index (χ3n) is 18.1. The van der Waals surface area contributed by atoms with Gasteiger partial charge in [-0.25, -0.2) is 28.1 Å². The average Bonchev–Trinajstić information content (AvgIpc) is 1.56. The number of rotatable bonds is 55. The smallest absolute Gasteiger partial charge is 0.252 e. The van der Waals surface area contributed by atoms with E-state index < -0.39 is 124 Å². The first kappa shape index (κ1) is 96.4. The first-order chi connectivity index (χ1) is 56.3. The molecular weight excluding hydrogens is 1560 g/mol. The van der Waals surface area contributed by atoms with Crippen molar-refractivity contribution in [2.45, 2.75) is 194 Å². The van der Waals surface area contributed by atoms with Gasteiger partial charge in [-0.15, -0.1) is 0 Å². The van der Waals surface area contributed by atoms with E-state index in [1.54, 1.807) is 24.4 Å². The minimum absolute atomic E-state index is 0.00680. The lowest BCUT2D eigenvalue weighted by atomic mass is 10.0. The van der Waals surface area contributed by atoms with Crippen molar-refractivity contribution in [3.8, 4) is 0 Å². The summed E-state index contributed by atoms with van der Waals surface area (Å²) in [5.41, 5.74) is 73.6. The monoisotopic (exact) mass is 1680 g/mol. The van der Waals surface area contributed by atoms with E-state index in [1.807, 2.05) is 0 Å². The lowest BCUT2D eigenvalue weighted by Gasteiger charge is -2.28. The van der Waals surface area contributed by atoms with Gasteiger partial charge in [0.05, 0.1) is 11.2 Å². The van der Waals surface area contributed by atoms with Crippen LogP contribution in [0.2, 0.25) is 0 Å². The third-order valence-corrected chi connectivity index (χ3v) is 19.6. The zero-order chi connectivity index (χ0) is 86.7. The van der Waals surface area contributed by atoms with Gasteiger partial charge in [0.1, 0.15) is 60.3 Å². The quantitative estimate of drug-likeness (QED) is 0.0111. The maximum Gasteiger partial charge on any atom is 0.252 e. The lowest BCUT2D eigenvalue weighted by molar-refractivity contribution is -0.137. The molecule has 10 atom stereocenters. The molecule has 9 amide bonds. The number of fused-ring (bicyclic) bond motifs is 2. The Morgan fingerprint density at radius 2 is 0.898 bits per heavy atom. The summed E-state index contributed by atoms with van der Waals surface area (Å²) in [7, 11) is -3.83. The van der Waals surface area contributed by atoms with Gasteiger partial charge < -0.3 is 132 Å². The van der Waals surface area contributed by atoms with E-state index in [-0.39, 0.29) is 206 Å². The molecule has 0 bridgehead atoms. The van der Waals surface area contributed by atoms with E-state index >= 15 is 0 Å². The van der Waals surface area contributed by atoms with E-state index in [0.29, 0.717) is 56.0 Å². The molecule has 1 saturated heterocycles. The first-order valence-corrected chi connectivity index (χ1v) is 40.0. The maximum absolute atomic E-state index is 14.9. The van der Waals surface area contributed by atoms with Crippen molar-refractivity contribution in [3.05, 3.63) is 49.3 Å². The predicted octanol–water partition coefficient (Wildman–Crippen LogP) is -8.75. The van der Waals surface area contributed by atoms with Crippen LogP contribution < -0.4 is 127 Å². The van der Waals surface area contributed by atoms with E-state index in [0.717, 1.165) is 0 Å². The molecule has 48 nitrogen and oxygen atoms in total. The van der Waals surface area contributed by atoms with Crippen LogP contribution in [0.5, 0.6) is 0 Å². The largest absolute Gasteiger partial charge is 0.387 e. The summed E-state index contributed by atoms with van der Waals surface area (Å²) in [4.78, 5) is 168. The number of aliphatic imine (C=N–C) groups is 6. The Bertz CT molecular complexity index is 4250. The molecule has 0 spiro atoms. The Balaban J connectivity index is 1.27. The molecule has 3 aromatic heterocycles. The van der Waals surface area contributed by atoms with Crippen LogP contribution in [0.4, 0.5) is 5.82 Å². The normalized spacial score (nSPS) is 15.8. The fourth-order valence-electron chi connectivity index (χ4n) is 12.1. The summed E-state index contributed by atoms with van der Waals surface area (Å²) in [6.07, 6.45) is 1.48. The van der Waals surface area contributed by atoms with Crippen molar-refractivity contribution in [1.29, 1.82) is 0 Å². The van der Waals surface area contributed by atoms with Crippen LogP contribution >= 0.6 is 0 Å². The number of aliphatic hydroxyl groups is 2. The topological polar surface area (TPSA) is 827 Å². The van der Waals surface area contributed by atoms with Crippen molar-refractivity contribution < 1.29 is 66.5 Å². The van der Waals surface area contributed by atoms with Crippen LogP contribution in [0.3, 0.4) is 0 Å². The summed E-state index contributed by atoms with van der Waals surface area (Å²) in [6, 6.07) is -2.23. The summed E-state index contributed by atoms with van der Waals surface area (Å²) in [6.45, 7) is 0.824. The second-order valence-electron chi connectivity index (χ2n) is 27.5. The number of nitrogen functional groups attached to an aromatic ring is 1. The predicted molar refractivity (Wildman–Crippen MR) is 440 cm³/mol. The second-order valence-corrected chi connectivity index (χ2v) is 29.2. The number of guanidine groups is 6. The van der Waals surface area contributed by atoms with Crippen molar-refractivity contribution in [2.24, 2.45) is 98.8 Å². The lowest BCUT2D eigenvalue weighted by Crippen LogP contribution is -2.59. The van der Waals surface area contributed by atoms with Gasteiger partial charge in [0.15, 0.2) is 59.6 Å². The number of imide groups is 1. The number of amides is 9. The highest BCUT2D eigenvalue weighted by Gasteiger charge is 2.48. The van der Waals surface area contributed by atoms with Crippen LogP contribution in [0, 0.1) is 0 Å². The average molecular weight is 1680 g/mol. The fourth-order valence-corrected chi connectivity index (χ4v) is 13.4. The number of benzene rings is 1. The number of aliphatic hydroxyl groups excluding tert-OH is 2. The van der Waals surface area contributed by atoms with Crippen LogP contribution in [-0.2, 0) is 57.9 Å². The van der Waals surface area contributed by atoms with Gasteiger partial charge in [0, 0.05) is 94.9 Å². The number of nitrogens with one attached hydrogen (secondary N) is 10. The van der Waals surface area contributed by atoms with Crippen molar-refractivity contribution >= 4 is 127 Å². The summed E-state index contributed by atoms with van der Waals surface area (Å²) < 4.78 is 35.9. The standard InChI is InChI=1S/C69H116N34O14S/c70-54-50-55(93-37-92-54)103(38-94-50)63-52(107)51(106)53(117-63)62(114)85-26-6-2-4-22-48(104)96-41(15-8-27-86-64(71)72)56(108)97-42(16-9-28-87-65(73)74)57(109)98-43(17-10-29-88-66(75)76)58(110)99-44(18-11-30-89-67(77)78)59(111)100-45(19-12-31-90-68(79)80)60(112)101-46(20-13-32-91-69(81)82)61(113)102-49(105)23-3-1-5-25-83-34-35-95-118(115,116)47-21-7-14-39-36-84-33-24-40(39)47/h7,14,21,24,33,36-38,41-46,51-53,63,83,95,106-107H,1-6,8-13,15-20,22-23,25-32,34-35H2,(H,85,114)(H,96,104)(H,97,108)(H,98,109)(H,99,110)(H,100,111)(H,101,112)(H2,70,92,93)(H4,71,72,86)(H4,73,74,87)(H4,75,76,88)(H4,77,78,89)(H4,79,80,90)(H4,81,82,91)(H,102,105,113)/t41-,42-,43-,44-,45-,46-,51+,52-,53+,63-/m1/s1. The van der Waals surface area contributed by atoms with Gasteiger partial charge in [-0.3, -0.25) is 88.0 Å². The van der Waals surface area contributed by atoms with E-state index in [1.165, 1.54) is 29.5 Å². The van der Waals surface area contributed by atoms with Gasteiger partial charge >= 0.3 is 0 Å². The highest BCUT2D eigenvalue weighted by molar-refractivity contribution is 7.89. The molecule has 4 heterocycles. The Labute approximate surface area is 680 Å². The van der Waals surface area contributed by atoms with Crippen LogP contribution in [0.25, 0.3) is 21.9 Å². The molecule has 0 aliphatic carbocycles.